The molecule has 0 aromatic rings. The number of allylic oxidation sites excluding steroid dienone is 2. The summed E-state index contributed by atoms with van der Waals surface area (Å²) in [6.07, 6.45) is 102. The summed E-state index contributed by atoms with van der Waals surface area (Å²) >= 11 is 0. The van der Waals surface area contributed by atoms with E-state index in [1.54, 1.807) is 0 Å². The van der Waals surface area contributed by atoms with Crippen molar-refractivity contribution in [2.75, 3.05) is 13.2 Å². The van der Waals surface area contributed by atoms with Crippen molar-refractivity contribution < 1.29 is 24.5 Å². The topological polar surface area (TPSA) is 95.9 Å². The van der Waals surface area contributed by atoms with Gasteiger partial charge in [-0.15, -0.1) is 0 Å². The van der Waals surface area contributed by atoms with Crippen LogP contribution in [-0.2, 0) is 14.3 Å². The largest absolute Gasteiger partial charge is 0.466 e. The molecule has 6 heteroatoms. The first-order valence-corrected chi connectivity index (χ1v) is 41.9. The molecule has 0 spiro atoms. The molecular weight excluding hydrogens is 1100 g/mol. The SMILES string of the molecule is CCCCCCCC/C=C\CCCCCCCCCCCC(=O)OCCCCCCCCCCCCCCCCCCCCCCCCCCCCCCCCCCCCCCCC(=O)NC(CO)C(O)CCCCCCCCCCCCCCCCCCC. The van der Waals surface area contributed by atoms with Crippen molar-refractivity contribution in [3.05, 3.63) is 12.2 Å². The highest BCUT2D eigenvalue weighted by Crippen LogP contribution is 2.21. The van der Waals surface area contributed by atoms with Gasteiger partial charge in [-0.2, -0.15) is 0 Å². The maximum Gasteiger partial charge on any atom is 0.305 e. The van der Waals surface area contributed by atoms with Crippen LogP contribution in [0.15, 0.2) is 12.2 Å². The van der Waals surface area contributed by atoms with Gasteiger partial charge in [0.15, 0.2) is 0 Å². The van der Waals surface area contributed by atoms with Crippen molar-refractivity contribution in [3.63, 3.8) is 0 Å². The summed E-state index contributed by atoms with van der Waals surface area (Å²) in [7, 11) is 0. The zero-order chi connectivity index (χ0) is 64.9. The van der Waals surface area contributed by atoms with E-state index >= 15 is 0 Å². The van der Waals surface area contributed by atoms with Gasteiger partial charge in [0.25, 0.3) is 0 Å². The Hall–Kier alpha value is -1.40. The number of carbonyl (C=O) groups excluding carboxylic acids is 2. The fourth-order valence-electron chi connectivity index (χ4n) is 13.7. The Labute approximate surface area is 565 Å². The monoisotopic (exact) mass is 1270 g/mol. The van der Waals surface area contributed by atoms with Crippen LogP contribution in [0.5, 0.6) is 0 Å². The molecule has 90 heavy (non-hydrogen) atoms. The molecule has 536 valence electrons. The van der Waals surface area contributed by atoms with Gasteiger partial charge in [-0.3, -0.25) is 9.59 Å². The fourth-order valence-corrected chi connectivity index (χ4v) is 13.7. The predicted molar refractivity (Wildman–Crippen MR) is 398 cm³/mol. The number of ether oxygens (including phenoxy) is 1. The summed E-state index contributed by atoms with van der Waals surface area (Å²) in [4.78, 5) is 24.7. The Morgan fingerprint density at radius 2 is 0.522 bits per heavy atom. The van der Waals surface area contributed by atoms with Gasteiger partial charge >= 0.3 is 5.97 Å². The van der Waals surface area contributed by atoms with E-state index in [1.165, 1.54) is 417 Å². The molecule has 0 aliphatic heterocycles. The highest BCUT2D eigenvalue weighted by Gasteiger charge is 2.20. The summed E-state index contributed by atoms with van der Waals surface area (Å²) in [5.41, 5.74) is 0. The maximum atomic E-state index is 12.5. The van der Waals surface area contributed by atoms with Gasteiger partial charge in [-0.05, 0) is 51.4 Å². The summed E-state index contributed by atoms with van der Waals surface area (Å²) in [6, 6.07) is -0.537. The minimum absolute atomic E-state index is 0.0243. The van der Waals surface area contributed by atoms with Gasteiger partial charge < -0.3 is 20.3 Å². The number of rotatable bonds is 80. The lowest BCUT2D eigenvalue weighted by Crippen LogP contribution is -2.45. The molecule has 0 aromatic heterocycles. The highest BCUT2D eigenvalue weighted by molar-refractivity contribution is 5.76. The summed E-state index contributed by atoms with van der Waals surface area (Å²) in [6.45, 7) is 5.01. The molecule has 0 radical (unpaired) electrons. The lowest BCUT2D eigenvalue weighted by atomic mass is 10.0. The molecular formula is C84H165NO5. The number of hydrogen-bond acceptors (Lipinski definition) is 5. The minimum atomic E-state index is -0.660. The van der Waals surface area contributed by atoms with Gasteiger partial charge in [-0.25, -0.2) is 0 Å². The molecule has 0 heterocycles. The number of amides is 1. The molecule has 1 amide bonds. The lowest BCUT2D eigenvalue weighted by molar-refractivity contribution is -0.143. The average molecular weight is 1270 g/mol. The van der Waals surface area contributed by atoms with Gasteiger partial charge in [-0.1, -0.05) is 437 Å². The zero-order valence-corrected chi connectivity index (χ0v) is 61.7. The molecule has 0 fully saturated rings. The first-order valence-electron chi connectivity index (χ1n) is 41.9. The van der Waals surface area contributed by atoms with Crippen molar-refractivity contribution in [2.45, 2.75) is 501 Å². The first-order chi connectivity index (χ1) is 44.5. The number of aliphatic hydroxyl groups excluding tert-OH is 2. The van der Waals surface area contributed by atoms with Crippen LogP contribution in [0.1, 0.15) is 489 Å². The molecule has 3 N–H and O–H groups in total. The number of carbonyl (C=O) groups is 2. The molecule has 0 rings (SSSR count). The molecule has 0 aromatic carbocycles. The average Bonchev–Trinajstić information content (AvgIpc) is 3.60. The van der Waals surface area contributed by atoms with Crippen molar-refractivity contribution in [2.24, 2.45) is 0 Å². The Balaban J connectivity index is 3.28. The van der Waals surface area contributed by atoms with E-state index in [1.807, 2.05) is 0 Å². The van der Waals surface area contributed by atoms with Crippen molar-refractivity contribution in [3.8, 4) is 0 Å². The van der Waals surface area contributed by atoms with E-state index in [-0.39, 0.29) is 18.5 Å². The highest BCUT2D eigenvalue weighted by atomic mass is 16.5. The van der Waals surface area contributed by atoms with Crippen LogP contribution in [-0.4, -0.2) is 47.4 Å². The number of hydrogen-bond donors (Lipinski definition) is 3. The third kappa shape index (κ3) is 75.6. The molecule has 2 unspecified atom stereocenters. The number of aliphatic hydroxyl groups is 2. The van der Waals surface area contributed by atoms with Crippen LogP contribution >= 0.6 is 0 Å². The van der Waals surface area contributed by atoms with E-state index in [4.69, 9.17) is 4.74 Å². The second-order valence-corrected chi connectivity index (χ2v) is 29.2. The molecule has 0 aliphatic carbocycles. The summed E-state index contributed by atoms with van der Waals surface area (Å²) in [5, 5.41) is 23.4. The van der Waals surface area contributed by atoms with Crippen molar-refractivity contribution >= 4 is 11.9 Å². The Morgan fingerprint density at radius 1 is 0.300 bits per heavy atom. The van der Waals surface area contributed by atoms with E-state index in [0.717, 1.165) is 38.5 Å². The van der Waals surface area contributed by atoms with E-state index in [2.05, 4.69) is 31.3 Å². The second kappa shape index (κ2) is 80.0. The van der Waals surface area contributed by atoms with Crippen molar-refractivity contribution in [1.82, 2.24) is 5.32 Å². The van der Waals surface area contributed by atoms with Crippen LogP contribution < -0.4 is 5.32 Å². The van der Waals surface area contributed by atoms with E-state index < -0.39 is 12.1 Å². The first kappa shape index (κ1) is 88.6. The summed E-state index contributed by atoms with van der Waals surface area (Å²) in [5.74, 6) is -0.00000414. The van der Waals surface area contributed by atoms with Gasteiger partial charge in [0, 0.05) is 12.8 Å². The molecule has 2 atom stereocenters. The van der Waals surface area contributed by atoms with E-state index in [9.17, 15) is 19.8 Å². The van der Waals surface area contributed by atoms with Gasteiger partial charge in [0.1, 0.15) is 0 Å². The number of unbranched alkanes of at least 4 members (excludes halogenated alkanes) is 67. The van der Waals surface area contributed by atoms with Crippen LogP contribution in [0.25, 0.3) is 0 Å². The van der Waals surface area contributed by atoms with Crippen LogP contribution in [0, 0.1) is 0 Å². The maximum absolute atomic E-state index is 12.5. The van der Waals surface area contributed by atoms with Crippen molar-refractivity contribution in [1.29, 1.82) is 0 Å². The normalized spacial score (nSPS) is 12.4. The second-order valence-electron chi connectivity index (χ2n) is 29.2. The third-order valence-electron chi connectivity index (χ3n) is 20.1. The molecule has 0 saturated carbocycles. The van der Waals surface area contributed by atoms with Crippen LogP contribution in [0.4, 0.5) is 0 Å². The predicted octanol–water partition coefficient (Wildman–Crippen LogP) is 27.8. The standard InChI is InChI=1S/C84H165NO5/c1-3-5-7-9-11-13-15-17-19-21-41-46-50-54-58-62-66-70-74-78-84(89)90-79-75-71-67-63-59-55-51-47-43-40-38-36-34-32-30-28-26-24-22-23-25-27-29-31-33-35-37-39-42-45-49-53-57-61-65-69-73-77-83(88)85-81(80-86)82(87)76-72-68-64-60-56-52-48-44-20-18-16-14-12-10-8-6-4-2/h17,19,81-82,86-87H,3-16,18,20-80H2,1-2H3,(H,85,88)/b19-17-. The zero-order valence-electron chi connectivity index (χ0n) is 61.7. The molecule has 0 saturated heterocycles. The van der Waals surface area contributed by atoms with Gasteiger partial charge in [0.05, 0.1) is 25.4 Å². The van der Waals surface area contributed by atoms with Crippen LogP contribution in [0.2, 0.25) is 0 Å². The lowest BCUT2D eigenvalue weighted by Gasteiger charge is -2.22. The molecule has 0 bridgehead atoms. The van der Waals surface area contributed by atoms with Crippen LogP contribution in [0.3, 0.4) is 0 Å². The Morgan fingerprint density at radius 3 is 0.789 bits per heavy atom. The third-order valence-corrected chi connectivity index (χ3v) is 20.1. The molecule has 0 aliphatic rings. The quantitative estimate of drug-likeness (QED) is 0.0320. The fraction of sp³-hybridized carbons (Fsp3) is 0.952. The minimum Gasteiger partial charge on any atom is -0.466 e. The van der Waals surface area contributed by atoms with Gasteiger partial charge in [0.2, 0.25) is 5.91 Å². The van der Waals surface area contributed by atoms with E-state index in [0.29, 0.717) is 25.9 Å². The number of nitrogens with one attached hydrogen (secondary N) is 1. The Kier molecular flexibility index (Phi) is 78.8. The smallest absolute Gasteiger partial charge is 0.305 e. The Bertz CT molecular complexity index is 1370. The molecule has 6 nitrogen and oxygen atoms in total. The summed E-state index contributed by atoms with van der Waals surface area (Å²) < 4.78 is 5.52. The number of esters is 1.